The van der Waals surface area contributed by atoms with Crippen LogP contribution in [0.3, 0.4) is 0 Å². The zero-order valence-electron chi connectivity index (χ0n) is 17.9. The highest BCUT2D eigenvalue weighted by atomic mass is 35.5. The number of anilines is 1. The van der Waals surface area contributed by atoms with E-state index in [4.69, 9.17) is 17.3 Å². The summed E-state index contributed by atoms with van der Waals surface area (Å²) in [5.74, 6) is -0.583. The number of aromatic nitrogens is 6. The lowest BCUT2D eigenvalue weighted by atomic mass is 10.1. The Morgan fingerprint density at radius 1 is 1.21 bits per heavy atom. The van der Waals surface area contributed by atoms with Gasteiger partial charge in [0.05, 0.1) is 22.4 Å². The van der Waals surface area contributed by atoms with E-state index in [0.717, 1.165) is 16.6 Å². The Hall–Kier alpha value is -4.31. The van der Waals surface area contributed by atoms with E-state index in [2.05, 4.69) is 30.6 Å². The summed E-state index contributed by atoms with van der Waals surface area (Å²) in [5, 5.41) is 15.2. The number of H-pyrrole nitrogens is 1. The van der Waals surface area contributed by atoms with Crippen molar-refractivity contribution in [1.29, 1.82) is 0 Å². The van der Waals surface area contributed by atoms with Crippen LogP contribution in [0.4, 0.5) is 10.2 Å². The minimum atomic E-state index is -0.519. The third-order valence-corrected chi connectivity index (χ3v) is 5.50. The summed E-state index contributed by atoms with van der Waals surface area (Å²) >= 11 is 6.45. The number of hydrogen-bond donors (Lipinski definition) is 3. The fraction of sp³-hybridized carbons (Fsp3) is 0.0870. The number of halogens is 2. The molecule has 0 saturated heterocycles. The lowest BCUT2D eigenvalue weighted by Crippen LogP contribution is -2.26. The van der Waals surface area contributed by atoms with Gasteiger partial charge in [0.2, 0.25) is 0 Å². The predicted octanol–water partition coefficient (Wildman–Crippen LogP) is 3.82. The molecule has 5 rings (SSSR count). The van der Waals surface area contributed by atoms with Crippen LogP contribution in [0.2, 0.25) is 5.02 Å². The normalized spacial score (nSPS) is 11.1. The molecule has 34 heavy (non-hydrogen) atoms. The van der Waals surface area contributed by atoms with Crippen LogP contribution in [-0.4, -0.2) is 35.9 Å². The molecule has 9 nitrogen and oxygen atoms in total. The zero-order valence-corrected chi connectivity index (χ0v) is 18.6. The Morgan fingerprint density at radius 2 is 2.00 bits per heavy atom. The minimum absolute atomic E-state index is 0.0480. The van der Waals surface area contributed by atoms with E-state index in [-0.39, 0.29) is 23.9 Å². The van der Waals surface area contributed by atoms with E-state index in [1.54, 1.807) is 35.3 Å². The van der Waals surface area contributed by atoms with Crippen LogP contribution in [-0.2, 0) is 6.54 Å². The molecule has 2 aromatic carbocycles. The highest BCUT2D eigenvalue weighted by molar-refractivity contribution is 6.35. The molecule has 5 aromatic rings. The first kappa shape index (κ1) is 21.5. The summed E-state index contributed by atoms with van der Waals surface area (Å²) in [6.45, 7) is 2.01. The number of carbonyl (C=O) groups excluding carboxylic acids is 1. The van der Waals surface area contributed by atoms with Gasteiger partial charge >= 0.3 is 0 Å². The molecule has 0 aliphatic rings. The Morgan fingerprint density at radius 3 is 2.74 bits per heavy atom. The SMILES string of the molecule is Cc1ccn(-c2nc(N)c(C(=O)NCc3ccc(F)cc3)nc2-c2cc(Cl)c3[nH]ncc3c2)n1. The molecule has 0 unspecified atom stereocenters. The molecule has 0 aliphatic heterocycles. The van der Waals surface area contributed by atoms with Gasteiger partial charge in [-0.05, 0) is 42.8 Å². The molecule has 0 atom stereocenters. The number of benzene rings is 2. The Balaban J connectivity index is 1.58. The lowest BCUT2D eigenvalue weighted by molar-refractivity contribution is 0.0946. The average molecular weight is 477 g/mol. The smallest absolute Gasteiger partial charge is 0.274 e. The number of nitrogen functional groups attached to an aromatic ring is 1. The van der Waals surface area contributed by atoms with Crippen LogP contribution in [0, 0.1) is 12.7 Å². The van der Waals surface area contributed by atoms with Crippen molar-refractivity contribution in [3.63, 3.8) is 0 Å². The third-order valence-electron chi connectivity index (χ3n) is 5.20. The van der Waals surface area contributed by atoms with Gasteiger partial charge in [-0.1, -0.05) is 23.7 Å². The summed E-state index contributed by atoms with van der Waals surface area (Å²) in [6, 6.07) is 11.2. The lowest BCUT2D eigenvalue weighted by Gasteiger charge is -2.13. The first-order valence-electron chi connectivity index (χ1n) is 10.2. The molecular formula is C23H18ClFN8O. The van der Waals surface area contributed by atoms with Gasteiger partial charge < -0.3 is 11.1 Å². The van der Waals surface area contributed by atoms with Crippen LogP contribution < -0.4 is 11.1 Å². The van der Waals surface area contributed by atoms with Crippen molar-refractivity contribution in [1.82, 2.24) is 35.3 Å². The maximum absolute atomic E-state index is 13.1. The number of carbonyl (C=O) groups is 1. The number of nitrogens with one attached hydrogen (secondary N) is 2. The highest BCUT2D eigenvalue weighted by Gasteiger charge is 2.21. The molecule has 0 radical (unpaired) electrons. The number of aromatic amines is 1. The molecule has 0 fully saturated rings. The van der Waals surface area contributed by atoms with E-state index in [9.17, 15) is 9.18 Å². The second kappa shape index (κ2) is 8.56. The van der Waals surface area contributed by atoms with E-state index in [0.29, 0.717) is 27.6 Å². The molecule has 0 aliphatic carbocycles. The summed E-state index contributed by atoms with van der Waals surface area (Å²) in [4.78, 5) is 22.0. The molecule has 3 heterocycles. The monoisotopic (exact) mass is 476 g/mol. The summed E-state index contributed by atoms with van der Waals surface area (Å²) in [7, 11) is 0. The van der Waals surface area contributed by atoms with Crippen molar-refractivity contribution in [3.05, 3.63) is 82.6 Å². The number of fused-ring (bicyclic) bond motifs is 1. The standard InChI is InChI=1S/C23H18ClFN8O/c1-12-6-7-33(32-12)22-19(14-8-15-11-28-31-18(15)17(24)9-14)29-20(21(26)30-22)23(34)27-10-13-2-4-16(25)5-3-13/h2-9,11H,10H2,1H3,(H2,26,30)(H,27,34)(H,28,31). The van der Waals surface area contributed by atoms with Crippen LogP contribution in [0.25, 0.3) is 28.0 Å². The van der Waals surface area contributed by atoms with E-state index >= 15 is 0 Å². The van der Waals surface area contributed by atoms with Gasteiger partial charge in [-0.2, -0.15) is 10.2 Å². The molecule has 0 bridgehead atoms. The van der Waals surface area contributed by atoms with Crippen molar-refractivity contribution in [2.75, 3.05) is 5.73 Å². The molecule has 11 heteroatoms. The van der Waals surface area contributed by atoms with Crippen LogP contribution in [0.5, 0.6) is 0 Å². The number of nitrogens with two attached hydrogens (primary N) is 1. The van der Waals surface area contributed by atoms with Crippen molar-refractivity contribution >= 4 is 34.2 Å². The summed E-state index contributed by atoms with van der Waals surface area (Å²) in [6.07, 6.45) is 3.37. The van der Waals surface area contributed by atoms with Crippen molar-refractivity contribution < 1.29 is 9.18 Å². The summed E-state index contributed by atoms with van der Waals surface area (Å²) in [5.41, 5.74) is 9.26. The first-order valence-corrected chi connectivity index (χ1v) is 10.6. The molecule has 1 amide bonds. The van der Waals surface area contributed by atoms with Crippen LogP contribution in [0.1, 0.15) is 21.7 Å². The van der Waals surface area contributed by atoms with E-state index in [1.807, 2.05) is 19.1 Å². The minimum Gasteiger partial charge on any atom is -0.382 e. The Bertz CT molecular complexity index is 1530. The topological polar surface area (TPSA) is 127 Å². The second-order valence-corrected chi connectivity index (χ2v) is 8.04. The van der Waals surface area contributed by atoms with Gasteiger partial charge in [0, 0.05) is 23.7 Å². The van der Waals surface area contributed by atoms with Crippen molar-refractivity contribution in [2.45, 2.75) is 13.5 Å². The second-order valence-electron chi connectivity index (χ2n) is 7.63. The largest absolute Gasteiger partial charge is 0.382 e. The predicted molar refractivity (Wildman–Crippen MR) is 126 cm³/mol. The fourth-order valence-corrected chi connectivity index (χ4v) is 3.78. The van der Waals surface area contributed by atoms with Gasteiger partial charge in [-0.3, -0.25) is 9.89 Å². The number of aryl methyl sites for hydroxylation is 1. The fourth-order valence-electron chi connectivity index (χ4n) is 3.51. The highest BCUT2D eigenvalue weighted by Crippen LogP contribution is 2.32. The maximum Gasteiger partial charge on any atom is 0.274 e. The number of nitrogens with zero attached hydrogens (tertiary/aromatic N) is 5. The van der Waals surface area contributed by atoms with Gasteiger partial charge in [-0.15, -0.1) is 0 Å². The van der Waals surface area contributed by atoms with Crippen LogP contribution in [0.15, 0.2) is 54.9 Å². The van der Waals surface area contributed by atoms with Crippen molar-refractivity contribution in [2.24, 2.45) is 0 Å². The van der Waals surface area contributed by atoms with E-state index < -0.39 is 5.91 Å². The van der Waals surface area contributed by atoms with Crippen molar-refractivity contribution in [3.8, 4) is 17.1 Å². The number of hydrogen-bond acceptors (Lipinski definition) is 6. The maximum atomic E-state index is 13.1. The molecule has 0 saturated carbocycles. The van der Waals surface area contributed by atoms with Gasteiger partial charge in [0.1, 0.15) is 11.5 Å². The van der Waals surface area contributed by atoms with Gasteiger partial charge in [0.15, 0.2) is 17.3 Å². The third kappa shape index (κ3) is 4.06. The van der Waals surface area contributed by atoms with Gasteiger partial charge in [0.25, 0.3) is 5.91 Å². The van der Waals surface area contributed by atoms with Gasteiger partial charge in [-0.25, -0.2) is 19.0 Å². The number of amides is 1. The zero-order chi connectivity index (χ0) is 23.8. The molecular weight excluding hydrogens is 459 g/mol. The number of rotatable bonds is 5. The Kier molecular flexibility index (Phi) is 5.42. The molecule has 3 aromatic heterocycles. The molecule has 170 valence electrons. The van der Waals surface area contributed by atoms with Crippen LogP contribution >= 0.6 is 11.6 Å². The average Bonchev–Trinajstić information content (AvgIpc) is 3.47. The molecule has 4 N–H and O–H groups in total. The quantitative estimate of drug-likeness (QED) is 0.354. The molecule has 0 spiro atoms. The van der Waals surface area contributed by atoms with E-state index in [1.165, 1.54) is 12.1 Å². The Labute approximate surface area is 197 Å². The first-order chi connectivity index (χ1) is 16.4. The summed E-state index contributed by atoms with van der Waals surface area (Å²) < 4.78 is 14.7.